The largest absolute Gasteiger partial charge is 0.478 e. The Labute approximate surface area is 122 Å². The molecule has 1 atom stereocenters. The molecule has 2 amide bonds. The van der Waals surface area contributed by atoms with Gasteiger partial charge < -0.3 is 15.7 Å². The maximum Gasteiger partial charge on any atom is 0.338 e. The van der Waals surface area contributed by atoms with Crippen molar-refractivity contribution in [1.82, 2.24) is 5.32 Å². The van der Waals surface area contributed by atoms with E-state index in [2.05, 4.69) is 24.5 Å². The maximum atomic E-state index is 13.5. The van der Waals surface area contributed by atoms with E-state index in [-0.39, 0.29) is 17.1 Å². The van der Waals surface area contributed by atoms with Gasteiger partial charge in [0.05, 0.1) is 5.56 Å². The van der Waals surface area contributed by atoms with E-state index >= 15 is 0 Å². The van der Waals surface area contributed by atoms with Gasteiger partial charge in [-0.1, -0.05) is 20.3 Å². The smallest absolute Gasteiger partial charge is 0.338 e. The van der Waals surface area contributed by atoms with Crippen LogP contribution in [0.5, 0.6) is 0 Å². The Balaban J connectivity index is 2.00. The monoisotopic (exact) mass is 294 g/mol. The standard InChI is InChI=1S/C15H19FN2O3/c1-15(2)7-3-4-12(15)18-14(21)17-9-5-6-10(13(19)20)11(16)8-9/h5-6,8,12H,3-4,7H2,1-2H3,(H,19,20)(H2,17,18,21). The van der Waals surface area contributed by atoms with Gasteiger partial charge in [0.25, 0.3) is 0 Å². The minimum atomic E-state index is -1.34. The van der Waals surface area contributed by atoms with Crippen LogP contribution in [0.4, 0.5) is 14.9 Å². The Morgan fingerprint density at radius 1 is 1.38 bits per heavy atom. The summed E-state index contributed by atoms with van der Waals surface area (Å²) in [5.41, 5.74) is -0.140. The van der Waals surface area contributed by atoms with E-state index < -0.39 is 23.4 Å². The highest BCUT2D eigenvalue weighted by molar-refractivity contribution is 5.92. The third kappa shape index (κ3) is 3.51. The van der Waals surface area contributed by atoms with Gasteiger partial charge in [-0.3, -0.25) is 0 Å². The van der Waals surface area contributed by atoms with E-state index in [1.807, 2.05) is 0 Å². The molecule has 0 radical (unpaired) electrons. The SMILES string of the molecule is CC1(C)CCCC1NC(=O)Nc1ccc(C(=O)O)c(F)c1. The van der Waals surface area contributed by atoms with Gasteiger partial charge in [0, 0.05) is 11.7 Å². The molecule has 0 aliphatic heterocycles. The number of carbonyl (C=O) groups is 2. The lowest BCUT2D eigenvalue weighted by Crippen LogP contribution is -2.43. The van der Waals surface area contributed by atoms with Crippen molar-refractivity contribution in [3.05, 3.63) is 29.6 Å². The lowest BCUT2D eigenvalue weighted by atomic mass is 9.87. The molecule has 1 aliphatic carbocycles. The van der Waals surface area contributed by atoms with Crippen molar-refractivity contribution in [1.29, 1.82) is 0 Å². The molecule has 6 heteroatoms. The van der Waals surface area contributed by atoms with E-state index in [0.29, 0.717) is 0 Å². The molecule has 5 nitrogen and oxygen atoms in total. The van der Waals surface area contributed by atoms with Crippen LogP contribution in [0.25, 0.3) is 0 Å². The van der Waals surface area contributed by atoms with Crippen LogP contribution in [0, 0.1) is 11.2 Å². The Kier molecular flexibility index (Phi) is 4.16. The highest BCUT2D eigenvalue weighted by atomic mass is 19.1. The number of hydrogen-bond acceptors (Lipinski definition) is 2. The minimum absolute atomic E-state index is 0.0513. The fourth-order valence-corrected chi connectivity index (χ4v) is 2.69. The van der Waals surface area contributed by atoms with E-state index in [4.69, 9.17) is 5.11 Å². The molecule has 2 rings (SSSR count). The average Bonchev–Trinajstić information content (AvgIpc) is 2.68. The van der Waals surface area contributed by atoms with Crippen LogP contribution >= 0.6 is 0 Å². The molecule has 0 bridgehead atoms. The predicted octanol–water partition coefficient (Wildman–Crippen LogP) is 3.22. The number of hydrogen-bond donors (Lipinski definition) is 3. The van der Waals surface area contributed by atoms with Crippen LogP contribution in [-0.4, -0.2) is 23.1 Å². The fourth-order valence-electron chi connectivity index (χ4n) is 2.69. The van der Waals surface area contributed by atoms with Gasteiger partial charge in [0.1, 0.15) is 5.82 Å². The summed E-state index contributed by atoms with van der Waals surface area (Å²) >= 11 is 0. The second-order valence-corrected chi connectivity index (χ2v) is 6.03. The highest BCUT2D eigenvalue weighted by Gasteiger charge is 2.35. The first kappa shape index (κ1) is 15.3. The van der Waals surface area contributed by atoms with Crippen LogP contribution in [0.1, 0.15) is 43.5 Å². The zero-order valence-electron chi connectivity index (χ0n) is 12.1. The second kappa shape index (κ2) is 5.71. The van der Waals surface area contributed by atoms with Crippen molar-refractivity contribution in [2.75, 3.05) is 5.32 Å². The second-order valence-electron chi connectivity index (χ2n) is 6.03. The van der Waals surface area contributed by atoms with Crippen molar-refractivity contribution >= 4 is 17.7 Å². The predicted molar refractivity (Wildman–Crippen MR) is 76.9 cm³/mol. The topological polar surface area (TPSA) is 78.4 Å². The Morgan fingerprint density at radius 3 is 2.62 bits per heavy atom. The Morgan fingerprint density at radius 2 is 2.10 bits per heavy atom. The van der Waals surface area contributed by atoms with Gasteiger partial charge in [-0.15, -0.1) is 0 Å². The Bertz CT molecular complexity index is 572. The van der Waals surface area contributed by atoms with Crippen molar-refractivity contribution < 1.29 is 19.1 Å². The van der Waals surface area contributed by atoms with E-state index in [1.54, 1.807) is 0 Å². The zero-order valence-corrected chi connectivity index (χ0v) is 12.1. The van der Waals surface area contributed by atoms with Crippen molar-refractivity contribution in [2.45, 2.75) is 39.2 Å². The normalized spacial score (nSPS) is 20.0. The lowest BCUT2D eigenvalue weighted by Gasteiger charge is -2.27. The molecule has 1 aromatic rings. The van der Waals surface area contributed by atoms with Gasteiger partial charge in [0.2, 0.25) is 0 Å². The number of halogens is 1. The molecule has 1 fully saturated rings. The highest BCUT2D eigenvalue weighted by Crippen LogP contribution is 2.37. The lowest BCUT2D eigenvalue weighted by molar-refractivity contribution is 0.0692. The summed E-state index contributed by atoms with van der Waals surface area (Å²) in [6.45, 7) is 4.21. The number of aromatic carboxylic acids is 1. The van der Waals surface area contributed by atoms with E-state index in [1.165, 1.54) is 6.07 Å². The molecule has 21 heavy (non-hydrogen) atoms. The molecule has 1 aromatic carbocycles. The molecule has 1 saturated carbocycles. The van der Waals surface area contributed by atoms with Crippen molar-refractivity contribution in [3.8, 4) is 0 Å². The first-order valence-electron chi connectivity index (χ1n) is 6.90. The maximum absolute atomic E-state index is 13.5. The number of anilines is 1. The van der Waals surface area contributed by atoms with Gasteiger partial charge in [-0.2, -0.15) is 0 Å². The van der Waals surface area contributed by atoms with Crippen LogP contribution < -0.4 is 10.6 Å². The third-order valence-electron chi connectivity index (χ3n) is 4.02. The molecule has 0 saturated heterocycles. The van der Waals surface area contributed by atoms with Gasteiger partial charge in [-0.25, -0.2) is 14.0 Å². The number of urea groups is 1. The molecule has 114 valence electrons. The van der Waals surface area contributed by atoms with Crippen LogP contribution in [0.15, 0.2) is 18.2 Å². The average molecular weight is 294 g/mol. The first-order valence-corrected chi connectivity index (χ1v) is 6.90. The van der Waals surface area contributed by atoms with Crippen LogP contribution in [0.3, 0.4) is 0 Å². The number of carboxylic acid groups (broad SMARTS) is 1. The summed E-state index contributed by atoms with van der Waals surface area (Å²) in [4.78, 5) is 22.6. The van der Waals surface area contributed by atoms with Gasteiger partial charge in [0.15, 0.2) is 0 Å². The minimum Gasteiger partial charge on any atom is -0.478 e. The number of carboxylic acids is 1. The van der Waals surface area contributed by atoms with E-state index in [9.17, 15) is 14.0 Å². The number of carbonyl (C=O) groups excluding carboxylic acids is 1. The zero-order chi connectivity index (χ0) is 15.6. The summed E-state index contributed by atoms with van der Waals surface area (Å²) in [6, 6.07) is 3.18. The number of amides is 2. The van der Waals surface area contributed by atoms with Crippen LogP contribution in [-0.2, 0) is 0 Å². The molecule has 0 aromatic heterocycles. The number of nitrogens with one attached hydrogen (secondary N) is 2. The summed E-state index contributed by atoms with van der Waals surface area (Å²) in [5, 5.41) is 14.2. The molecular formula is C15H19FN2O3. The molecular weight excluding hydrogens is 275 g/mol. The van der Waals surface area contributed by atoms with Gasteiger partial charge in [-0.05, 0) is 36.5 Å². The summed E-state index contributed by atoms with van der Waals surface area (Å²) in [7, 11) is 0. The van der Waals surface area contributed by atoms with Crippen molar-refractivity contribution in [3.63, 3.8) is 0 Å². The molecule has 1 unspecified atom stereocenters. The number of rotatable bonds is 3. The molecule has 0 spiro atoms. The summed E-state index contributed by atoms with van der Waals surface area (Å²) in [5.74, 6) is -2.21. The molecule has 3 N–H and O–H groups in total. The van der Waals surface area contributed by atoms with Gasteiger partial charge >= 0.3 is 12.0 Å². The molecule has 0 heterocycles. The summed E-state index contributed by atoms with van der Waals surface area (Å²) < 4.78 is 13.5. The fraction of sp³-hybridized carbons (Fsp3) is 0.467. The van der Waals surface area contributed by atoms with Crippen LogP contribution in [0.2, 0.25) is 0 Å². The van der Waals surface area contributed by atoms with E-state index in [0.717, 1.165) is 31.4 Å². The van der Waals surface area contributed by atoms with Crippen molar-refractivity contribution in [2.24, 2.45) is 5.41 Å². The molecule has 1 aliphatic rings. The third-order valence-corrected chi connectivity index (χ3v) is 4.02. The first-order chi connectivity index (χ1) is 9.79. The summed E-state index contributed by atoms with van der Waals surface area (Å²) in [6.07, 6.45) is 3.05. The number of benzene rings is 1. The Hall–Kier alpha value is -2.11. The quantitative estimate of drug-likeness (QED) is 0.801.